The fourth-order valence-electron chi connectivity index (χ4n) is 3.55. The molecular formula is C21H22O9. The van der Waals surface area contributed by atoms with Gasteiger partial charge in [-0.2, -0.15) is 0 Å². The Morgan fingerprint density at radius 1 is 1.00 bits per heavy atom. The molecule has 2 aliphatic rings. The van der Waals surface area contributed by atoms with Crippen LogP contribution in [0.3, 0.4) is 0 Å². The van der Waals surface area contributed by atoms with Crippen molar-refractivity contribution in [1.29, 1.82) is 0 Å². The Kier molecular flexibility index (Phi) is 5.63. The van der Waals surface area contributed by atoms with Gasteiger partial charge in [0.2, 0.25) is 6.29 Å². The molecule has 9 heteroatoms. The summed E-state index contributed by atoms with van der Waals surface area (Å²) in [6.45, 7) is -0.569. The number of Topliss-reactive ketones (excluding diaryl/α,β-unsaturated/α-hetero) is 1. The number of phenolic OH excluding ortho intramolecular Hbond substituents is 1. The van der Waals surface area contributed by atoms with Crippen LogP contribution in [-0.4, -0.2) is 68.6 Å². The molecule has 9 nitrogen and oxygen atoms in total. The Hall–Kier alpha value is -2.69. The van der Waals surface area contributed by atoms with Gasteiger partial charge in [0.25, 0.3) is 0 Å². The molecular weight excluding hydrogens is 396 g/mol. The van der Waals surface area contributed by atoms with Crippen LogP contribution < -0.4 is 9.47 Å². The zero-order valence-electron chi connectivity index (χ0n) is 15.8. The first-order valence-corrected chi connectivity index (χ1v) is 9.47. The molecule has 30 heavy (non-hydrogen) atoms. The third-order valence-electron chi connectivity index (χ3n) is 5.26. The molecule has 1 saturated heterocycles. The third-order valence-corrected chi connectivity index (χ3v) is 5.26. The van der Waals surface area contributed by atoms with Crippen LogP contribution in [0.1, 0.15) is 28.4 Å². The first kappa shape index (κ1) is 20.6. The van der Waals surface area contributed by atoms with Gasteiger partial charge in [0, 0.05) is 6.07 Å². The van der Waals surface area contributed by atoms with Crippen LogP contribution in [0.25, 0.3) is 0 Å². The smallest absolute Gasteiger partial charge is 0.229 e. The molecule has 2 aromatic carbocycles. The molecule has 4 rings (SSSR count). The largest absolute Gasteiger partial charge is 0.508 e. The molecule has 2 aliphatic heterocycles. The minimum Gasteiger partial charge on any atom is -0.508 e. The molecule has 0 radical (unpaired) electrons. The highest BCUT2D eigenvalue weighted by Gasteiger charge is 2.44. The van der Waals surface area contributed by atoms with Crippen molar-refractivity contribution in [3.05, 3.63) is 53.6 Å². The maximum atomic E-state index is 12.5. The van der Waals surface area contributed by atoms with Crippen LogP contribution in [-0.2, 0) is 4.74 Å². The van der Waals surface area contributed by atoms with Crippen molar-refractivity contribution in [2.75, 3.05) is 6.61 Å². The maximum absolute atomic E-state index is 12.5. The van der Waals surface area contributed by atoms with Crippen molar-refractivity contribution >= 4 is 5.78 Å². The van der Waals surface area contributed by atoms with E-state index in [0.29, 0.717) is 5.56 Å². The summed E-state index contributed by atoms with van der Waals surface area (Å²) in [5.74, 6) is 0.480. The molecule has 5 N–H and O–H groups in total. The fraction of sp³-hybridized carbons (Fsp3) is 0.381. The van der Waals surface area contributed by atoms with Crippen molar-refractivity contribution in [2.24, 2.45) is 0 Å². The zero-order chi connectivity index (χ0) is 21.4. The van der Waals surface area contributed by atoms with E-state index < -0.39 is 43.4 Å². The number of aliphatic hydroxyl groups is 4. The van der Waals surface area contributed by atoms with E-state index >= 15 is 0 Å². The molecule has 0 unspecified atom stereocenters. The van der Waals surface area contributed by atoms with Crippen molar-refractivity contribution in [3.63, 3.8) is 0 Å². The second-order valence-electron chi connectivity index (χ2n) is 7.30. The highest BCUT2D eigenvalue weighted by Crippen LogP contribution is 2.38. The Morgan fingerprint density at radius 3 is 2.43 bits per heavy atom. The summed E-state index contributed by atoms with van der Waals surface area (Å²) < 4.78 is 16.9. The van der Waals surface area contributed by atoms with Crippen LogP contribution in [0.5, 0.6) is 17.2 Å². The van der Waals surface area contributed by atoms with Gasteiger partial charge >= 0.3 is 0 Å². The van der Waals surface area contributed by atoms with Crippen molar-refractivity contribution < 1.29 is 44.5 Å². The number of carbonyl (C=O) groups excluding carboxylic acids is 1. The second-order valence-corrected chi connectivity index (χ2v) is 7.30. The molecule has 2 aromatic rings. The SMILES string of the molecule is O=C1C[C@H](c2ccc(O)cc2)Oc2cc(O[C@@H]3O[C@@H](CO)[C@H](O)[C@@H](O)[C@@H]3O)ccc21. The summed E-state index contributed by atoms with van der Waals surface area (Å²) in [6.07, 6.45) is -7.42. The monoisotopic (exact) mass is 418 g/mol. The number of carbonyl (C=O) groups is 1. The highest BCUT2D eigenvalue weighted by molar-refractivity contribution is 6.00. The van der Waals surface area contributed by atoms with Crippen molar-refractivity contribution in [2.45, 2.75) is 43.2 Å². The molecule has 0 saturated carbocycles. The molecule has 0 spiro atoms. The number of ether oxygens (including phenoxy) is 3. The van der Waals surface area contributed by atoms with Gasteiger partial charge in [0.05, 0.1) is 18.6 Å². The maximum Gasteiger partial charge on any atom is 0.229 e. The van der Waals surface area contributed by atoms with E-state index in [-0.39, 0.29) is 29.5 Å². The minimum absolute atomic E-state index is 0.108. The quantitative estimate of drug-likeness (QED) is 0.472. The Morgan fingerprint density at radius 2 is 1.73 bits per heavy atom. The molecule has 0 aromatic heterocycles. The molecule has 6 atom stereocenters. The van der Waals surface area contributed by atoms with Crippen LogP contribution in [0.4, 0.5) is 0 Å². The number of rotatable bonds is 4. The standard InChI is InChI=1S/C21H22O9/c22-9-17-18(25)19(26)20(27)21(30-17)28-12-5-6-13-14(24)8-15(29-16(13)7-12)10-1-3-11(23)4-2-10/h1-7,15,17-23,25-27H,8-9H2/t15-,17+,18+,19-,20+,21-/m1/s1. The lowest BCUT2D eigenvalue weighted by atomic mass is 9.96. The van der Waals surface area contributed by atoms with Crippen LogP contribution in [0, 0.1) is 0 Å². The normalized spacial score (nSPS) is 31.0. The van der Waals surface area contributed by atoms with Crippen LogP contribution in [0.15, 0.2) is 42.5 Å². The van der Waals surface area contributed by atoms with Crippen LogP contribution >= 0.6 is 0 Å². The number of fused-ring (bicyclic) bond motifs is 1. The molecule has 0 bridgehead atoms. The van der Waals surface area contributed by atoms with Gasteiger partial charge in [-0.15, -0.1) is 0 Å². The van der Waals surface area contributed by atoms with Gasteiger partial charge < -0.3 is 39.7 Å². The number of ketones is 1. The lowest BCUT2D eigenvalue weighted by molar-refractivity contribution is -0.277. The van der Waals surface area contributed by atoms with Gasteiger partial charge in [-0.3, -0.25) is 4.79 Å². The Bertz CT molecular complexity index is 911. The molecule has 0 amide bonds. The number of benzene rings is 2. The average molecular weight is 418 g/mol. The lowest BCUT2D eigenvalue weighted by Crippen LogP contribution is -2.60. The van der Waals surface area contributed by atoms with E-state index in [0.717, 1.165) is 5.56 Å². The van der Waals surface area contributed by atoms with Crippen molar-refractivity contribution in [1.82, 2.24) is 0 Å². The van der Waals surface area contributed by atoms with Gasteiger partial charge in [0.1, 0.15) is 47.8 Å². The van der Waals surface area contributed by atoms with Crippen molar-refractivity contribution in [3.8, 4) is 17.2 Å². The second kappa shape index (κ2) is 8.21. The first-order valence-electron chi connectivity index (χ1n) is 9.47. The predicted octanol–water partition coefficient (Wildman–Crippen LogP) is 0.277. The minimum atomic E-state index is -1.56. The van der Waals surface area contributed by atoms with Crippen LogP contribution in [0.2, 0.25) is 0 Å². The fourth-order valence-corrected chi connectivity index (χ4v) is 3.55. The van der Waals surface area contributed by atoms with Gasteiger partial charge in [0.15, 0.2) is 5.78 Å². The van der Waals surface area contributed by atoms with E-state index in [1.807, 2.05) is 0 Å². The summed E-state index contributed by atoms with van der Waals surface area (Å²) in [5.41, 5.74) is 1.11. The van der Waals surface area contributed by atoms with Gasteiger partial charge in [-0.25, -0.2) is 0 Å². The average Bonchev–Trinajstić information content (AvgIpc) is 2.74. The number of aliphatic hydroxyl groups excluding tert-OH is 4. The molecule has 0 aliphatic carbocycles. The summed E-state index contributed by atoms with van der Waals surface area (Å²) in [7, 11) is 0. The van der Waals surface area contributed by atoms with Gasteiger partial charge in [-0.05, 0) is 29.8 Å². The lowest BCUT2D eigenvalue weighted by Gasteiger charge is -2.39. The summed E-state index contributed by atoms with van der Waals surface area (Å²) in [6, 6.07) is 10.9. The van der Waals surface area contributed by atoms with E-state index in [1.54, 1.807) is 12.1 Å². The predicted molar refractivity (Wildman–Crippen MR) is 101 cm³/mol. The van der Waals surface area contributed by atoms with E-state index in [9.17, 15) is 30.3 Å². The van der Waals surface area contributed by atoms with E-state index in [4.69, 9.17) is 14.2 Å². The molecule has 1 fully saturated rings. The number of phenols is 1. The van der Waals surface area contributed by atoms with E-state index in [2.05, 4.69) is 0 Å². The topological polar surface area (TPSA) is 146 Å². The first-order chi connectivity index (χ1) is 14.4. The van der Waals surface area contributed by atoms with Gasteiger partial charge in [-0.1, -0.05) is 12.1 Å². The zero-order valence-corrected chi connectivity index (χ0v) is 15.8. The summed E-state index contributed by atoms with van der Waals surface area (Å²) in [5, 5.41) is 48.6. The van der Waals surface area contributed by atoms with E-state index in [1.165, 1.54) is 30.3 Å². The number of hydrogen-bond donors (Lipinski definition) is 5. The Balaban J connectivity index is 1.54. The number of hydrogen-bond acceptors (Lipinski definition) is 9. The molecule has 160 valence electrons. The number of aromatic hydroxyl groups is 1. The highest BCUT2D eigenvalue weighted by atomic mass is 16.7. The Labute approximate surface area is 171 Å². The third kappa shape index (κ3) is 3.85. The summed E-state index contributed by atoms with van der Waals surface area (Å²) in [4.78, 5) is 12.5. The summed E-state index contributed by atoms with van der Waals surface area (Å²) >= 11 is 0. The molecule has 2 heterocycles.